The predicted molar refractivity (Wildman–Crippen MR) is 131 cm³/mol. The highest BCUT2D eigenvalue weighted by Gasteiger charge is 2.23. The highest BCUT2D eigenvalue weighted by molar-refractivity contribution is 6.08. The van der Waals surface area contributed by atoms with Crippen molar-refractivity contribution in [2.24, 2.45) is 0 Å². The Morgan fingerprint density at radius 1 is 0.567 bits per heavy atom. The molecule has 30 heavy (non-hydrogen) atoms. The molecule has 0 nitrogen and oxygen atoms in total. The molecule has 0 amide bonds. The molecule has 0 N–H and O–H groups in total. The summed E-state index contributed by atoms with van der Waals surface area (Å²) in [5, 5.41) is 5.62. The van der Waals surface area contributed by atoms with E-state index in [-0.39, 0.29) is 0 Å². The first-order valence-electron chi connectivity index (χ1n) is 11.0. The number of hydrogen-bond donors (Lipinski definition) is 0. The minimum Gasteiger partial charge on any atom is -0.0683 e. The average Bonchev–Trinajstić information content (AvgIpc) is 2.69. The summed E-state index contributed by atoms with van der Waals surface area (Å²) in [6, 6.07) is 18.4. The van der Waals surface area contributed by atoms with Crippen LogP contribution in [0.3, 0.4) is 0 Å². The van der Waals surface area contributed by atoms with Gasteiger partial charge in [-0.1, -0.05) is 71.8 Å². The molecule has 0 fully saturated rings. The molecule has 0 unspecified atom stereocenters. The molecule has 2 aliphatic carbocycles. The zero-order chi connectivity index (χ0) is 20.6. The molecular formula is C30H26. The number of aryl methyl sites for hydroxylation is 2. The van der Waals surface area contributed by atoms with Gasteiger partial charge in [-0.3, -0.25) is 0 Å². The first-order valence-corrected chi connectivity index (χ1v) is 11.0. The molecule has 0 bridgehead atoms. The zero-order valence-electron chi connectivity index (χ0n) is 18.2. The van der Waals surface area contributed by atoms with Crippen LogP contribution < -0.4 is 0 Å². The Morgan fingerprint density at radius 2 is 1.00 bits per heavy atom. The second-order valence-electron chi connectivity index (χ2n) is 9.33. The number of hydrogen-bond acceptors (Lipinski definition) is 0. The minimum absolute atomic E-state index is 1.06. The van der Waals surface area contributed by atoms with Gasteiger partial charge >= 0.3 is 0 Å². The molecule has 0 aromatic heterocycles. The Balaban J connectivity index is 1.82. The van der Waals surface area contributed by atoms with Crippen LogP contribution >= 0.6 is 0 Å². The minimum atomic E-state index is 1.06. The largest absolute Gasteiger partial charge is 0.0683 e. The lowest BCUT2D eigenvalue weighted by atomic mass is 9.78. The van der Waals surface area contributed by atoms with Crippen molar-refractivity contribution in [1.29, 1.82) is 0 Å². The molecule has 0 heteroatoms. The Labute approximate surface area is 178 Å². The van der Waals surface area contributed by atoms with E-state index in [9.17, 15) is 0 Å². The van der Waals surface area contributed by atoms with Crippen molar-refractivity contribution in [2.75, 3.05) is 0 Å². The second kappa shape index (κ2) is 6.19. The first kappa shape index (κ1) is 17.7. The molecule has 0 spiro atoms. The van der Waals surface area contributed by atoms with Crippen LogP contribution in [0, 0.1) is 13.8 Å². The summed E-state index contributed by atoms with van der Waals surface area (Å²) in [6.07, 6.45) is 7.00. The van der Waals surface area contributed by atoms with Gasteiger partial charge in [0.2, 0.25) is 0 Å². The lowest BCUT2D eigenvalue weighted by Gasteiger charge is -2.26. The van der Waals surface area contributed by atoms with E-state index in [0.29, 0.717) is 0 Å². The van der Waals surface area contributed by atoms with Crippen molar-refractivity contribution < 1.29 is 0 Å². The standard InChI is InChI=1S/C30H26/c1-17-11-21-7-5-9-23-15-19(3)27(25(13-17)29(21)23)28-20(4)16-24-10-6-8-22-12-18(2)14-26(28)30(22)24/h5-10,13-16H,11-12H2,1-4H3. The van der Waals surface area contributed by atoms with Gasteiger partial charge in [0.05, 0.1) is 0 Å². The number of benzene rings is 4. The van der Waals surface area contributed by atoms with E-state index >= 15 is 0 Å². The van der Waals surface area contributed by atoms with E-state index in [2.05, 4.69) is 88.4 Å². The lowest BCUT2D eigenvalue weighted by Crippen LogP contribution is -2.05. The monoisotopic (exact) mass is 386 g/mol. The van der Waals surface area contributed by atoms with Crippen LogP contribution in [0.2, 0.25) is 0 Å². The second-order valence-corrected chi connectivity index (χ2v) is 9.33. The Kier molecular flexibility index (Phi) is 3.65. The van der Waals surface area contributed by atoms with Gasteiger partial charge in [-0.15, -0.1) is 0 Å². The van der Waals surface area contributed by atoms with Gasteiger partial charge in [0.25, 0.3) is 0 Å². The maximum Gasteiger partial charge on any atom is -0.00602 e. The molecule has 4 aromatic carbocycles. The highest BCUT2D eigenvalue weighted by atomic mass is 14.3. The maximum atomic E-state index is 2.44. The molecule has 0 saturated carbocycles. The Morgan fingerprint density at radius 3 is 1.43 bits per heavy atom. The Hall–Kier alpha value is -3.12. The van der Waals surface area contributed by atoms with Crippen LogP contribution in [0.1, 0.15) is 47.2 Å². The molecule has 146 valence electrons. The third kappa shape index (κ3) is 2.40. The van der Waals surface area contributed by atoms with Crippen molar-refractivity contribution >= 4 is 33.7 Å². The van der Waals surface area contributed by atoms with Crippen molar-refractivity contribution in [2.45, 2.75) is 40.5 Å². The van der Waals surface area contributed by atoms with Gasteiger partial charge in [0, 0.05) is 0 Å². The average molecular weight is 387 g/mol. The number of rotatable bonds is 1. The topological polar surface area (TPSA) is 0 Å². The fourth-order valence-electron chi connectivity index (χ4n) is 5.87. The number of allylic oxidation sites excluding steroid dienone is 2. The van der Waals surface area contributed by atoms with Crippen molar-refractivity contribution in [3.63, 3.8) is 0 Å². The summed E-state index contributed by atoms with van der Waals surface area (Å²) >= 11 is 0. The van der Waals surface area contributed by atoms with E-state index in [4.69, 9.17) is 0 Å². The maximum absolute atomic E-state index is 2.44. The SMILES string of the molecule is CC1=Cc2c(-c3c(C)cc4cccc5c4c3C=C(C)C5)c(C)cc3cccc(c23)C1. The third-order valence-electron chi connectivity index (χ3n) is 6.95. The van der Waals surface area contributed by atoms with E-state index in [0.717, 1.165) is 12.8 Å². The lowest BCUT2D eigenvalue weighted by molar-refractivity contribution is 1.16. The van der Waals surface area contributed by atoms with Crippen LogP contribution in [0.4, 0.5) is 0 Å². The fourth-order valence-corrected chi connectivity index (χ4v) is 5.87. The summed E-state index contributed by atoms with van der Waals surface area (Å²) in [6.45, 7) is 9.12. The van der Waals surface area contributed by atoms with Gasteiger partial charge in [-0.25, -0.2) is 0 Å². The van der Waals surface area contributed by atoms with Crippen LogP contribution in [0.15, 0.2) is 59.7 Å². The normalized spacial score (nSPS) is 14.8. The van der Waals surface area contributed by atoms with Gasteiger partial charge in [0.1, 0.15) is 0 Å². The van der Waals surface area contributed by atoms with Crippen LogP contribution in [0.5, 0.6) is 0 Å². The smallest absolute Gasteiger partial charge is 0.00602 e. The van der Waals surface area contributed by atoms with Gasteiger partial charge in [0.15, 0.2) is 0 Å². The molecule has 0 radical (unpaired) electrons. The molecule has 4 aromatic rings. The van der Waals surface area contributed by atoms with Crippen LogP contribution in [-0.2, 0) is 12.8 Å². The Bertz CT molecular complexity index is 1340. The summed E-state index contributed by atoms with van der Waals surface area (Å²) in [5.41, 5.74) is 14.2. The first-order chi connectivity index (χ1) is 14.5. The molecule has 0 saturated heterocycles. The molecule has 6 rings (SSSR count). The van der Waals surface area contributed by atoms with Gasteiger partial charge < -0.3 is 0 Å². The summed E-state index contributed by atoms with van der Waals surface area (Å²) in [5.74, 6) is 0. The quantitative estimate of drug-likeness (QED) is 0.309. The molecule has 0 aliphatic heterocycles. The van der Waals surface area contributed by atoms with Gasteiger partial charge in [-0.05, 0) is 107 Å². The molecular weight excluding hydrogens is 360 g/mol. The summed E-state index contributed by atoms with van der Waals surface area (Å²) in [7, 11) is 0. The van der Waals surface area contributed by atoms with Crippen molar-refractivity contribution in [1.82, 2.24) is 0 Å². The molecule has 0 heterocycles. The highest BCUT2D eigenvalue weighted by Crippen LogP contribution is 2.46. The summed E-state index contributed by atoms with van der Waals surface area (Å²) in [4.78, 5) is 0. The van der Waals surface area contributed by atoms with E-state index in [1.165, 1.54) is 77.2 Å². The summed E-state index contributed by atoms with van der Waals surface area (Å²) < 4.78 is 0. The van der Waals surface area contributed by atoms with Gasteiger partial charge in [-0.2, -0.15) is 0 Å². The van der Waals surface area contributed by atoms with Crippen molar-refractivity contribution in [3.05, 3.63) is 93.1 Å². The predicted octanol–water partition coefficient (Wildman–Crippen LogP) is 8.20. The van der Waals surface area contributed by atoms with Crippen molar-refractivity contribution in [3.8, 4) is 11.1 Å². The van der Waals surface area contributed by atoms with E-state index in [1.807, 2.05) is 0 Å². The fraction of sp³-hybridized carbons (Fsp3) is 0.200. The zero-order valence-corrected chi connectivity index (χ0v) is 18.2. The van der Waals surface area contributed by atoms with E-state index < -0.39 is 0 Å². The van der Waals surface area contributed by atoms with Crippen LogP contribution in [-0.4, -0.2) is 0 Å². The third-order valence-corrected chi connectivity index (χ3v) is 6.95. The van der Waals surface area contributed by atoms with Crippen LogP contribution in [0.25, 0.3) is 44.8 Å². The molecule has 2 aliphatic rings. The van der Waals surface area contributed by atoms with E-state index in [1.54, 1.807) is 0 Å². The molecule has 0 atom stereocenters.